The highest BCUT2D eigenvalue weighted by Gasteiger charge is 2.19. The number of phenolic OH excluding ortho intramolecular Hbond substituents is 1. The number of piperazine rings is 1. The number of hydrogen-bond donors (Lipinski definition) is 2. The molecule has 2 aliphatic rings. The molecule has 0 aliphatic carbocycles. The summed E-state index contributed by atoms with van der Waals surface area (Å²) in [6.45, 7) is 4.61. The Morgan fingerprint density at radius 1 is 1.03 bits per heavy atom. The van der Waals surface area contributed by atoms with E-state index in [0.717, 1.165) is 54.8 Å². The monoisotopic (exact) mass is 433 g/mol. The Morgan fingerprint density at radius 2 is 1.88 bits per heavy atom. The van der Waals surface area contributed by atoms with E-state index >= 15 is 0 Å². The van der Waals surface area contributed by atoms with E-state index in [-0.39, 0.29) is 5.75 Å². The lowest BCUT2D eigenvalue weighted by molar-refractivity contribution is 0.311. The van der Waals surface area contributed by atoms with Gasteiger partial charge in [0.2, 0.25) is 5.95 Å². The van der Waals surface area contributed by atoms with Gasteiger partial charge in [-0.05, 0) is 31.3 Å². The number of benzene rings is 2. The number of nitrogens with one attached hydrogen (secondary N) is 1. The van der Waals surface area contributed by atoms with Gasteiger partial charge in [-0.2, -0.15) is 4.98 Å². The molecule has 2 aliphatic heterocycles. The van der Waals surface area contributed by atoms with Crippen LogP contribution in [0.5, 0.6) is 11.5 Å². The maximum Gasteiger partial charge on any atom is 0.247 e. The van der Waals surface area contributed by atoms with Crippen LogP contribution in [-0.2, 0) is 6.54 Å². The number of anilines is 4. The average molecular weight is 434 g/mol. The molecule has 32 heavy (non-hydrogen) atoms. The molecule has 1 saturated heterocycles. The number of nitrogens with zero attached hydrogens (tertiary/aromatic N) is 6. The molecule has 0 atom stereocenters. The van der Waals surface area contributed by atoms with Crippen molar-refractivity contribution in [2.75, 3.05) is 55.5 Å². The standard InChI is InChI=1S/C23H27N7O2/c1-27-8-10-28(11-9-27)20-7-6-17(14-21(20)32-2)24-23-25-22-16-29(12-13-30(22)26-23)18-4-3-5-19(31)15-18/h3-7,12-15,31H,8-11,16H2,1-2H3,(H,24,26). The Hall–Kier alpha value is -3.72. The fourth-order valence-electron chi connectivity index (χ4n) is 4.03. The molecule has 0 radical (unpaired) electrons. The van der Waals surface area contributed by atoms with Crippen molar-refractivity contribution in [3.63, 3.8) is 0 Å². The Labute approximate surface area is 187 Å². The SMILES string of the molecule is COc1cc(Nc2nc3n(n2)C=CN(c2cccc(O)c2)C3)ccc1N1CCN(C)CC1. The molecule has 9 heteroatoms. The van der Waals surface area contributed by atoms with Crippen LogP contribution in [0.4, 0.5) is 23.0 Å². The zero-order chi connectivity index (χ0) is 22.1. The first-order valence-corrected chi connectivity index (χ1v) is 10.7. The minimum Gasteiger partial charge on any atom is -0.508 e. The molecule has 3 aromatic rings. The van der Waals surface area contributed by atoms with Gasteiger partial charge in [-0.25, -0.2) is 4.68 Å². The van der Waals surface area contributed by atoms with Crippen molar-refractivity contribution < 1.29 is 9.84 Å². The van der Waals surface area contributed by atoms with E-state index in [9.17, 15) is 5.11 Å². The van der Waals surface area contributed by atoms with Crippen LogP contribution in [0, 0.1) is 0 Å². The summed E-state index contributed by atoms with van der Waals surface area (Å²) in [5, 5.41) is 17.6. The summed E-state index contributed by atoms with van der Waals surface area (Å²) in [5.74, 6) is 2.40. The van der Waals surface area contributed by atoms with E-state index in [0.29, 0.717) is 12.5 Å². The lowest BCUT2D eigenvalue weighted by Crippen LogP contribution is -2.44. The van der Waals surface area contributed by atoms with Gasteiger partial charge < -0.3 is 29.9 Å². The van der Waals surface area contributed by atoms with Crippen LogP contribution in [-0.4, -0.2) is 65.1 Å². The van der Waals surface area contributed by atoms with Gasteiger partial charge in [0.05, 0.1) is 19.3 Å². The van der Waals surface area contributed by atoms with E-state index in [1.54, 1.807) is 23.9 Å². The van der Waals surface area contributed by atoms with Gasteiger partial charge in [0.15, 0.2) is 5.82 Å². The summed E-state index contributed by atoms with van der Waals surface area (Å²) in [6.07, 6.45) is 3.78. The predicted octanol–water partition coefficient (Wildman–Crippen LogP) is 2.94. The molecule has 0 bridgehead atoms. The number of rotatable bonds is 5. The number of methoxy groups -OCH3 is 1. The lowest BCUT2D eigenvalue weighted by atomic mass is 10.2. The maximum atomic E-state index is 9.75. The third-order valence-electron chi connectivity index (χ3n) is 5.84. The van der Waals surface area contributed by atoms with Gasteiger partial charge in [0.25, 0.3) is 0 Å². The number of ether oxygens (including phenoxy) is 1. The van der Waals surface area contributed by atoms with Gasteiger partial charge in [0, 0.05) is 62.1 Å². The molecular formula is C23H27N7O2. The summed E-state index contributed by atoms with van der Waals surface area (Å²) >= 11 is 0. The van der Waals surface area contributed by atoms with Crippen molar-refractivity contribution in [3.05, 3.63) is 54.5 Å². The van der Waals surface area contributed by atoms with Crippen LogP contribution in [0.1, 0.15) is 5.82 Å². The quantitative estimate of drug-likeness (QED) is 0.636. The van der Waals surface area contributed by atoms with E-state index in [2.05, 4.69) is 38.3 Å². The molecule has 5 rings (SSSR count). The second-order valence-corrected chi connectivity index (χ2v) is 8.04. The highest BCUT2D eigenvalue weighted by atomic mass is 16.5. The Bertz CT molecular complexity index is 1140. The van der Waals surface area contributed by atoms with E-state index in [1.807, 2.05) is 41.6 Å². The first-order chi connectivity index (χ1) is 15.6. The van der Waals surface area contributed by atoms with Crippen LogP contribution in [0.2, 0.25) is 0 Å². The molecule has 0 amide bonds. The molecule has 1 aromatic heterocycles. The highest BCUT2D eigenvalue weighted by Crippen LogP contribution is 2.33. The molecule has 0 spiro atoms. The van der Waals surface area contributed by atoms with Crippen molar-refractivity contribution in [2.24, 2.45) is 0 Å². The molecule has 0 saturated carbocycles. The van der Waals surface area contributed by atoms with E-state index in [4.69, 9.17) is 4.74 Å². The molecular weight excluding hydrogens is 406 g/mol. The molecule has 9 nitrogen and oxygen atoms in total. The number of phenols is 1. The summed E-state index contributed by atoms with van der Waals surface area (Å²) in [7, 11) is 3.85. The van der Waals surface area contributed by atoms with Crippen LogP contribution in [0.15, 0.2) is 48.7 Å². The number of fused-ring (bicyclic) bond motifs is 1. The molecule has 2 N–H and O–H groups in total. The predicted molar refractivity (Wildman–Crippen MR) is 126 cm³/mol. The van der Waals surface area contributed by atoms with Crippen LogP contribution in [0.3, 0.4) is 0 Å². The minimum absolute atomic E-state index is 0.235. The Kier molecular flexibility index (Phi) is 5.32. The zero-order valence-electron chi connectivity index (χ0n) is 18.3. The summed E-state index contributed by atoms with van der Waals surface area (Å²) in [4.78, 5) is 11.4. The van der Waals surface area contributed by atoms with Gasteiger partial charge in [-0.3, -0.25) is 0 Å². The van der Waals surface area contributed by atoms with Crippen molar-refractivity contribution in [1.82, 2.24) is 19.7 Å². The maximum absolute atomic E-state index is 9.75. The lowest BCUT2D eigenvalue weighted by Gasteiger charge is -2.34. The second kappa shape index (κ2) is 8.43. The fraction of sp³-hybridized carbons (Fsp3) is 0.304. The third-order valence-corrected chi connectivity index (χ3v) is 5.84. The number of aromatic nitrogens is 3. The van der Waals surface area contributed by atoms with Gasteiger partial charge in [0.1, 0.15) is 11.5 Å². The van der Waals surface area contributed by atoms with Gasteiger partial charge in [-0.1, -0.05) is 6.07 Å². The number of hydrogen-bond acceptors (Lipinski definition) is 8. The molecule has 2 aromatic carbocycles. The van der Waals surface area contributed by atoms with Crippen molar-refractivity contribution in [3.8, 4) is 11.5 Å². The van der Waals surface area contributed by atoms with Crippen LogP contribution in [0.25, 0.3) is 6.20 Å². The number of aromatic hydroxyl groups is 1. The molecule has 0 unspecified atom stereocenters. The molecule has 1 fully saturated rings. The minimum atomic E-state index is 0.235. The summed E-state index contributed by atoms with van der Waals surface area (Å²) in [6, 6.07) is 13.3. The van der Waals surface area contributed by atoms with E-state index in [1.165, 1.54) is 0 Å². The van der Waals surface area contributed by atoms with Crippen molar-refractivity contribution in [2.45, 2.75) is 6.54 Å². The largest absolute Gasteiger partial charge is 0.508 e. The second-order valence-electron chi connectivity index (χ2n) is 8.04. The van der Waals surface area contributed by atoms with Crippen molar-refractivity contribution in [1.29, 1.82) is 0 Å². The molecule has 166 valence electrons. The van der Waals surface area contributed by atoms with Crippen molar-refractivity contribution >= 4 is 29.2 Å². The average Bonchev–Trinajstić information content (AvgIpc) is 3.21. The van der Waals surface area contributed by atoms with Crippen LogP contribution < -0.4 is 19.9 Å². The van der Waals surface area contributed by atoms with Gasteiger partial charge in [-0.15, -0.1) is 5.10 Å². The highest BCUT2D eigenvalue weighted by molar-refractivity contribution is 5.67. The topological polar surface area (TPSA) is 81.9 Å². The first-order valence-electron chi connectivity index (χ1n) is 10.7. The zero-order valence-corrected chi connectivity index (χ0v) is 18.3. The molecule has 3 heterocycles. The Morgan fingerprint density at radius 3 is 2.66 bits per heavy atom. The van der Waals surface area contributed by atoms with E-state index < -0.39 is 0 Å². The summed E-state index contributed by atoms with van der Waals surface area (Å²) in [5.41, 5.74) is 2.87. The van der Waals surface area contributed by atoms with Crippen LogP contribution >= 0.6 is 0 Å². The number of likely N-dealkylation sites (N-methyl/N-ethyl adjacent to an activating group) is 1. The fourth-order valence-corrected chi connectivity index (χ4v) is 4.03. The first kappa shape index (κ1) is 20.2. The summed E-state index contributed by atoms with van der Waals surface area (Å²) < 4.78 is 7.44. The smallest absolute Gasteiger partial charge is 0.247 e. The normalized spacial score (nSPS) is 16.2. The van der Waals surface area contributed by atoms with Gasteiger partial charge >= 0.3 is 0 Å². The Balaban J connectivity index is 1.31. The third kappa shape index (κ3) is 4.06.